The molecule has 0 spiro atoms. The van der Waals surface area contributed by atoms with E-state index in [1.54, 1.807) is 0 Å². The van der Waals surface area contributed by atoms with Crippen LogP contribution in [0.1, 0.15) is 12.5 Å². The van der Waals surface area contributed by atoms with Crippen LogP contribution < -0.4 is 11.5 Å². The molecule has 7 heterocycles. The van der Waals surface area contributed by atoms with Crippen LogP contribution in [0.3, 0.4) is 0 Å². The molecule has 3 unspecified atom stereocenters. The summed E-state index contributed by atoms with van der Waals surface area (Å²) in [5, 5.41) is 0. The first-order valence-electron chi connectivity index (χ1n) is 12.9. The maximum atomic E-state index is 16.0. The van der Waals surface area contributed by atoms with Gasteiger partial charge in [0.1, 0.15) is 41.8 Å². The van der Waals surface area contributed by atoms with Gasteiger partial charge in [-0.05, 0) is 17.9 Å². The Balaban J connectivity index is 1.20. The molecule has 23 heteroatoms. The molecule has 4 aromatic heterocycles. The van der Waals surface area contributed by atoms with E-state index < -0.39 is 76.6 Å². The van der Waals surface area contributed by atoms with E-state index in [-0.39, 0.29) is 22.6 Å². The second-order valence-corrected chi connectivity index (χ2v) is 14.4. The van der Waals surface area contributed by atoms with Gasteiger partial charge in [0.05, 0.1) is 31.6 Å². The summed E-state index contributed by atoms with van der Waals surface area (Å²) in [6.45, 7) is -5.66. The number of aromatic nitrogens is 7. The molecule has 3 saturated heterocycles. The average molecular weight is 671 g/mol. The third kappa shape index (κ3) is 5.20. The number of halogens is 2. The molecule has 5 N–H and O–H groups in total. The molecule has 44 heavy (non-hydrogen) atoms. The molecule has 232 valence electrons. The van der Waals surface area contributed by atoms with Crippen molar-refractivity contribution in [1.82, 2.24) is 34.1 Å². The number of pyridine rings is 1. The van der Waals surface area contributed by atoms with Gasteiger partial charge in [-0.25, -0.2) is 33.7 Å². The lowest BCUT2D eigenvalue weighted by molar-refractivity contribution is -0.0586. The van der Waals surface area contributed by atoms with Crippen LogP contribution in [-0.2, 0) is 43.9 Å². The maximum absolute atomic E-state index is 16.0. The quantitative estimate of drug-likeness (QED) is 0.201. The van der Waals surface area contributed by atoms with Gasteiger partial charge in [0.25, 0.3) is 7.47 Å². The van der Waals surface area contributed by atoms with Crippen molar-refractivity contribution >= 4 is 67.4 Å². The lowest BCUT2D eigenvalue weighted by Gasteiger charge is -2.27. The molecule has 3 aliphatic heterocycles. The highest BCUT2D eigenvalue weighted by Crippen LogP contribution is 2.54. The minimum Gasteiger partial charge on any atom is -0.397 e. The van der Waals surface area contributed by atoms with Gasteiger partial charge in [0.2, 0.25) is 7.57 Å². The maximum Gasteiger partial charge on any atom is 0.325 e. The first-order valence-corrected chi connectivity index (χ1v) is 17.1. The van der Waals surface area contributed by atoms with Crippen LogP contribution in [0.5, 0.6) is 0 Å². The summed E-state index contributed by atoms with van der Waals surface area (Å²) in [5.74, 6) is 0.0477. The van der Waals surface area contributed by atoms with Gasteiger partial charge in [-0.15, -0.1) is 0 Å². The summed E-state index contributed by atoms with van der Waals surface area (Å²) in [4.78, 5) is 31.5. The summed E-state index contributed by atoms with van der Waals surface area (Å²) in [7, 11) is 1.22. The van der Waals surface area contributed by atoms with Crippen LogP contribution in [0.4, 0.5) is 20.3 Å². The van der Waals surface area contributed by atoms with E-state index in [1.165, 1.54) is 34.1 Å². The monoisotopic (exact) mass is 671 g/mol. The van der Waals surface area contributed by atoms with Crippen molar-refractivity contribution in [2.24, 2.45) is 0 Å². The fraction of sp³-hybridized carbons (Fsp3) is 0.476. The van der Waals surface area contributed by atoms with Crippen LogP contribution in [0.15, 0.2) is 31.2 Å². The van der Waals surface area contributed by atoms with Crippen LogP contribution in [0.2, 0.25) is 0 Å². The third-order valence-electron chi connectivity index (χ3n) is 7.30. The lowest BCUT2D eigenvalue weighted by atomic mass is 10.1. The number of nitrogens with two attached hydrogens (primary N) is 2. The summed E-state index contributed by atoms with van der Waals surface area (Å²) in [6.07, 6.45) is -7.85. The second-order valence-electron chi connectivity index (χ2n) is 10.1. The zero-order valence-corrected chi connectivity index (χ0v) is 24.8. The molecule has 3 aliphatic rings. The Labute approximate surface area is 252 Å². The molecular weight excluding hydrogens is 649 g/mol. The molecule has 0 aromatic carbocycles. The molecule has 2 radical (unpaired) electrons. The number of imidazole rings is 2. The topological polar surface area (TPSA) is 219 Å². The minimum absolute atomic E-state index is 0.0477. The molecule has 2 bridgehead atoms. The van der Waals surface area contributed by atoms with E-state index in [0.717, 1.165) is 6.33 Å². The van der Waals surface area contributed by atoms with Gasteiger partial charge in [0.15, 0.2) is 41.9 Å². The lowest BCUT2D eigenvalue weighted by Crippen LogP contribution is -2.34. The standard InChI is InChI=1S/C21H22BF2N9O8P2S/c22-42(34)36-3-9-11(23)16(21(38-9)33-6-30-13-8(25)1-2-27-18(13)33)41-43(35,44)37-4-10-15(40-42)12(24)20(39-10)32-7-31-14-17(26)28-5-29-19(14)32/h1-2,5-7,9-12,15-16,20-21H,3-4H2,(H2,25,27)(H,35,44)(H2,26,28,29)/t9-,10-,11?,12-,15-,16-,20-,21-,42?,43?/m1/s1. The number of hydrogen-bond donors (Lipinski definition) is 3. The van der Waals surface area contributed by atoms with Gasteiger partial charge in [-0.3, -0.25) is 18.2 Å². The van der Waals surface area contributed by atoms with Crippen molar-refractivity contribution in [2.45, 2.75) is 49.2 Å². The SMILES string of the molecule is [B]P1(=O)OC[C@H]2O[C@@H](n3cnc4c(N)ccnc43)[C@H](OP(O)(=S)OC[C@H]3O[C@@H](n4cnc5c(N)ncnc54)[C@H](F)[C@@H]3O1)C2F. The van der Waals surface area contributed by atoms with Crippen molar-refractivity contribution in [1.29, 1.82) is 0 Å². The van der Waals surface area contributed by atoms with E-state index in [0.29, 0.717) is 11.2 Å². The zero-order chi connectivity index (χ0) is 31.0. The first-order chi connectivity index (χ1) is 20.9. The Bertz CT molecular complexity index is 1840. The van der Waals surface area contributed by atoms with Gasteiger partial charge in [-0.1, -0.05) is 0 Å². The Hall–Kier alpha value is -2.71. The Morgan fingerprint density at radius 3 is 2.39 bits per heavy atom. The highest BCUT2D eigenvalue weighted by atomic mass is 32.5. The van der Waals surface area contributed by atoms with E-state index in [1.807, 2.05) is 0 Å². The fourth-order valence-corrected chi connectivity index (χ4v) is 7.68. The van der Waals surface area contributed by atoms with Crippen molar-refractivity contribution in [3.63, 3.8) is 0 Å². The number of rotatable bonds is 2. The predicted molar refractivity (Wildman–Crippen MR) is 151 cm³/mol. The first kappa shape index (κ1) is 30.0. The number of nitrogens with zero attached hydrogens (tertiary/aromatic N) is 7. The fourth-order valence-electron chi connectivity index (χ4n) is 5.27. The molecular formula is C21H22BF2N9O8P2S. The van der Waals surface area contributed by atoms with Gasteiger partial charge in [0, 0.05) is 6.20 Å². The summed E-state index contributed by atoms with van der Waals surface area (Å²) in [6, 6.07) is 1.53. The van der Waals surface area contributed by atoms with E-state index in [2.05, 4.69) is 24.9 Å². The number of alkyl halides is 2. The van der Waals surface area contributed by atoms with Crippen molar-refractivity contribution in [3.05, 3.63) is 31.2 Å². The molecule has 4 aromatic rings. The third-order valence-corrected chi connectivity index (χ3v) is 9.91. The van der Waals surface area contributed by atoms with E-state index in [4.69, 9.17) is 58.4 Å². The molecule has 7 rings (SSSR count). The highest BCUT2D eigenvalue weighted by molar-refractivity contribution is 8.07. The average Bonchev–Trinajstić information content (AvgIpc) is 3.73. The van der Waals surface area contributed by atoms with Crippen LogP contribution in [0, 0.1) is 0 Å². The Kier molecular flexibility index (Phi) is 7.48. The largest absolute Gasteiger partial charge is 0.397 e. The normalized spacial score (nSPS) is 38.2. The molecule has 3 fully saturated rings. The summed E-state index contributed by atoms with van der Waals surface area (Å²) >= 11 is 5.19. The van der Waals surface area contributed by atoms with Gasteiger partial charge in [-0.2, -0.15) is 0 Å². The van der Waals surface area contributed by atoms with Crippen LogP contribution in [0.25, 0.3) is 22.3 Å². The predicted octanol–water partition coefficient (Wildman–Crippen LogP) is 1.22. The summed E-state index contributed by atoms with van der Waals surface area (Å²) in [5.41, 5.74) is 13.0. The highest BCUT2D eigenvalue weighted by Gasteiger charge is 2.53. The number of anilines is 2. The van der Waals surface area contributed by atoms with Crippen LogP contribution in [-0.4, -0.2) is 96.5 Å². The van der Waals surface area contributed by atoms with Crippen molar-refractivity contribution in [3.8, 4) is 0 Å². The number of nitrogen functional groups attached to an aromatic ring is 2. The second kappa shape index (κ2) is 11.0. The molecule has 10 atom stereocenters. The molecule has 0 amide bonds. The number of ether oxygens (including phenoxy) is 2. The van der Waals surface area contributed by atoms with Gasteiger partial charge < -0.3 is 39.4 Å². The number of hydrogen-bond acceptors (Lipinski definition) is 15. The smallest absolute Gasteiger partial charge is 0.325 e. The molecule has 17 nitrogen and oxygen atoms in total. The van der Waals surface area contributed by atoms with Crippen LogP contribution >= 0.6 is 14.2 Å². The van der Waals surface area contributed by atoms with Crippen molar-refractivity contribution in [2.75, 3.05) is 24.7 Å². The molecule has 0 aliphatic carbocycles. The Morgan fingerprint density at radius 2 is 1.59 bits per heavy atom. The van der Waals surface area contributed by atoms with Crippen molar-refractivity contribution < 1.29 is 45.8 Å². The summed E-state index contributed by atoms with van der Waals surface area (Å²) < 4.78 is 81.0. The van der Waals surface area contributed by atoms with E-state index in [9.17, 15) is 9.46 Å². The van der Waals surface area contributed by atoms with E-state index >= 15 is 8.78 Å². The Morgan fingerprint density at radius 1 is 0.909 bits per heavy atom. The molecule has 0 saturated carbocycles. The zero-order valence-electron chi connectivity index (χ0n) is 22.1. The van der Waals surface area contributed by atoms with Gasteiger partial charge >= 0.3 is 6.72 Å². The minimum atomic E-state index is -4.60. The number of fused-ring (bicyclic) bond motifs is 5.